The molecule has 0 aromatic heterocycles. The predicted molar refractivity (Wildman–Crippen MR) is 71.3 cm³/mol. The van der Waals surface area contributed by atoms with E-state index in [1.807, 2.05) is 18.0 Å². The molecule has 2 aliphatic rings. The zero-order valence-corrected chi connectivity index (χ0v) is 11.0. The molecule has 0 atom stereocenters. The monoisotopic (exact) mass is 260 g/mol. The number of amides is 1. The quantitative estimate of drug-likeness (QED) is 0.780. The highest BCUT2D eigenvalue weighted by Crippen LogP contribution is 2.50. The van der Waals surface area contributed by atoms with Gasteiger partial charge in [0.2, 0.25) is 5.91 Å². The fraction of sp³-hybridized carbons (Fsp3) is 0.429. The summed E-state index contributed by atoms with van der Waals surface area (Å²) in [4.78, 5) is 26.1. The van der Waals surface area contributed by atoms with Gasteiger partial charge in [-0.1, -0.05) is 6.07 Å². The van der Waals surface area contributed by atoms with Crippen molar-refractivity contribution in [3.63, 3.8) is 0 Å². The van der Waals surface area contributed by atoms with Crippen molar-refractivity contribution in [1.82, 2.24) is 0 Å². The molecule has 1 aliphatic heterocycles. The lowest BCUT2D eigenvalue weighted by Gasteiger charge is -2.21. The van der Waals surface area contributed by atoms with Crippen molar-refractivity contribution >= 4 is 23.3 Å². The number of ether oxygens (including phenoxy) is 1. The molecule has 1 saturated carbocycles. The Balaban J connectivity index is 2.10. The van der Waals surface area contributed by atoms with E-state index in [-0.39, 0.29) is 11.3 Å². The molecule has 100 valence electrons. The molecule has 1 aromatic carbocycles. The molecule has 0 radical (unpaired) electrons. The number of fused-ring (bicyclic) bond motifs is 1. The fourth-order valence-corrected chi connectivity index (χ4v) is 2.66. The summed E-state index contributed by atoms with van der Waals surface area (Å²) in [5, 5.41) is 2.91. The summed E-state index contributed by atoms with van der Waals surface area (Å²) in [5.41, 5.74) is 1.55. The predicted octanol–water partition coefficient (Wildman–Crippen LogP) is 1.64. The molecule has 0 unspecified atom stereocenters. The lowest BCUT2D eigenvalue weighted by Crippen LogP contribution is -2.31. The number of nitrogens with one attached hydrogen (secondary N) is 1. The number of carbonyl (C=O) groups is 2. The van der Waals surface area contributed by atoms with Crippen LogP contribution in [0.3, 0.4) is 0 Å². The molecule has 5 heteroatoms. The third kappa shape index (κ3) is 1.77. The number of methoxy groups -OCH3 is 1. The van der Waals surface area contributed by atoms with Crippen LogP contribution in [0.1, 0.15) is 23.2 Å². The highest BCUT2D eigenvalue weighted by Gasteiger charge is 2.52. The SMILES string of the molecule is COC(=O)c1cccc2c1NC(=O)C1(CC1)CN2C. The maximum atomic E-state index is 12.3. The minimum absolute atomic E-state index is 0.00875. The highest BCUT2D eigenvalue weighted by atomic mass is 16.5. The third-order valence-corrected chi connectivity index (χ3v) is 3.97. The van der Waals surface area contributed by atoms with E-state index >= 15 is 0 Å². The summed E-state index contributed by atoms with van der Waals surface area (Å²) in [7, 11) is 3.28. The van der Waals surface area contributed by atoms with Crippen LogP contribution < -0.4 is 10.2 Å². The number of benzene rings is 1. The van der Waals surface area contributed by atoms with Gasteiger partial charge in [-0.2, -0.15) is 0 Å². The Morgan fingerprint density at radius 1 is 1.42 bits per heavy atom. The van der Waals surface area contributed by atoms with Crippen LogP contribution >= 0.6 is 0 Å². The van der Waals surface area contributed by atoms with Gasteiger partial charge in [-0.25, -0.2) is 4.79 Å². The molecular weight excluding hydrogens is 244 g/mol. The number of rotatable bonds is 1. The van der Waals surface area contributed by atoms with Crippen LogP contribution in [0.5, 0.6) is 0 Å². The molecule has 1 heterocycles. The van der Waals surface area contributed by atoms with E-state index in [4.69, 9.17) is 4.74 Å². The van der Waals surface area contributed by atoms with E-state index in [1.54, 1.807) is 12.1 Å². The van der Waals surface area contributed by atoms with Crippen LogP contribution in [-0.4, -0.2) is 32.6 Å². The standard InChI is InChI=1S/C14H16N2O3/c1-16-8-14(6-7-14)13(18)15-11-9(12(17)19-2)4-3-5-10(11)16/h3-5H,6-8H2,1-2H3,(H,15,18). The van der Waals surface area contributed by atoms with Crippen LogP contribution in [0.2, 0.25) is 0 Å². The largest absolute Gasteiger partial charge is 0.465 e. The minimum Gasteiger partial charge on any atom is -0.465 e. The van der Waals surface area contributed by atoms with Gasteiger partial charge < -0.3 is 15.0 Å². The summed E-state index contributed by atoms with van der Waals surface area (Å²) in [6.07, 6.45) is 1.81. The molecule has 0 bridgehead atoms. The van der Waals surface area contributed by atoms with Crippen LogP contribution in [-0.2, 0) is 9.53 Å². The first kappa shape index (κ1) is 12.0. The van der Waals surface area contributed by atoms with Gasteiger partial charge in [0, 0.05) is 13.6 Å². The lowest BCUT2D eigenvalue weighted by molar-refractivity contribution is -0.120. The van der Waals surface area contributed by atoms with E-state index in [1.165, 1.54) is 7.11 Å². The first-order valence-corrected chi connectivity index (χ1v) is 6.31. The summed E-state index contributed by atoms with van der Waals surface area (Å²) in [6.45, 7) is 0.691. The van der Waals surface area contributed by atoms with Crippen molar-refractivity contribution in [3.8, 4) is 0 Å². The number of anilines is 2. The minimum atomic E-state index is -0.433. The summed E-state index contributed by atoms with van der Waals surface area (Å²) < 4.78 is 4.77. The molecular formula is C14H16N2O3. The van der Waals surface area contributed by atoms with E-state index in [2.05, 4.69) is 5.32 Å². The highest BCUT2D eigenvalue weighted by molar-refractivity contribution is 6.08. The van der Waals surface area contributed by atoms with Gasteiger partial charge in [0.1, 0.15) is 0 Å². The second kappa shape index (κ2) is 3.98. The summed E-state index contributed by atoms with van der Waals surface area (Å²) >= 11 is 0. The molecule has 0 saturated heterocycles. The fourth-order valence-electron chi connectivity index (χ4n) is 2.66. The van der Waals surface area contributed by atoms with Crippen LogP contribution in [0, 0.1) is 5.41 Å². The second-order valence-electron chi connectivity index (χ2n) is 5.28. The van der Waals surface area contributed by atoms with Crippen LogP contribution in [0.4, 0.5) is 11.4 Å². The zero-order chi connectivity index (χ0) is 13.6. The molecule has 1 N–H and O–H groups in total. The Kier molecular flexibility index (Phi) is 2.52. The molecule has 1 fully saturated rings. The first-order valence-electron chi connectivity index (χ1n) is 6.31. The number of esters is 1. The number of nitrogens with zero attached hydrogens (tertiary/aromatic N) is 1. The third-order valence-electron chi connectivity index (χ3n) is 3.97. The summed E-state index contributed by atoms with van der Waals surface area (Å²) in [5.74, 6) is -0.424. The van der Waals surface area contributed by atoms with Crippen molar-refractivity contribution < 1.29 is 14.3 Å². The maximum Gasteiger partial charge on any atom is 0.340 e. The molecule has 5 nitrogen and oxygen atoms in total. The van der Waals surface area contributed by atoms with Crippen molar-refractivity contribution in [1.29, 1.82) is 0 Å². The maximum absolute atomic E-state index is 12.3. The van der Waals surface area contributed by atoms with Gasteiger partial charge in [0.15, 0.2) is 0 Å². The van der Waals surface area contributed by atoms with Gasteiger partial charge in [-0.3, -0.25) is 4.79 Å². The van der Waals surface area contributed by atoms with E-state index in [9.17, 15) is 9.59 Å². The molecule has 1 aromatic rings. The normalized spacial score (nSPS) is 19.5. The Morgan fingerprint density at radius 2 is 2.16 bits per heavy atom. The second-order valence-corrected chi connectivity index (χ2v) is 5.28. The number of hydrogen-bond acceptors (Lipinski definition) is 4. The molecule has 19 heavy (non-hydrogen) atoms. The van der Waals surface area contributed by atoms with Gasteiger partial charge >= 0.3 is 5.97 Å². The van der Waals surface area contributed by atoms with E-state index in [0.717, 1.165) is 18.5 Å². The van der Waals surface area contributed by atoms with Gasteiger partial charge in [0.05, 0.1) is 29.5 Å². The lowest BCUT2D eigenvalue weighted by atomic mass is 10.1. The van der Waals surface area contributed by atoms with Crippen LogP contribution in [0.15, 0.2) is 18.2 Å². The smallest absolute Gasteiger partial charge is 0.340 e. The molecule has 3 rings (SSSR count). The average Bonchev–Trinajstić information content (AvgIpc) is 3.19. The van der Waals surface area contributed by atoms with Crippen molar-refractivity contribution in [2.45, 2.75) is 12.8 Å². The Labute approximate surface area is 111 Å². The number of hydrogen-bond donors (Lipinski definition) is 1. The molecule has 1 aliphatic carbocycles. The van der Waals surface area contributed by atoms with Crippen molar-refractivity contribution in [2.24, 2.45) is 5.41 Å². The Hall–Kier alpha value is -2.04. The zero-order valence-electron chi connectivity index (χ0n) is 11.0. The summed E-state index contributed by atoms with van der Waals surface area (Å²) in [6, 6.07) is 5.38. The van der Waals surface area contributed by atoms with E-state index in [0.29, 0.717) is 17.8 Å². The van der Waals surface area contributed by atoms with E-state index < -0.39 is 5.97 Å². The molecule has 1 spiro atoms. The van der Waals surface area contributed by atoms with Crippen molar-refractivity contribution in [2.75, 3.05) is 30.9 Å². The van der Waals surface area contributed by atoms with Gasteiger partial charge in [-0.05, 0) is 25.0 Å². The van der Waals surface area contributed by atoms with Gasteiger partial charge in [-0.15, -0.1) is 0 Å². The van der Waals surface area contributed by atoms with Gasteiger partial charge in [0.25, 0.3) is 0 Å². The average molecular weight is 260 g/mol. The topological polar surface area (TPSA) is 58.6 Å². The van der Waals surface area contributed by atoms with Crippen LogP contribution in [0.25, 0.3) is 0 Å². The van der Waals surface area contributed by atoms with Crippen molar-refractivity contribution in [3.05, 3.63) is 23.8 Å². The molecule has 1 amide bonds. The first-order chi connectivity index (χ1) is 9.07. The number of carbonyl (C=O) groups excluding carboxylic acids is 2. The Morgan fingerprint density at radius 3 is 2.79 bits per heavy atom. The Bertz CT molecular complexity index is 564. The number of para-hydroxylation sites is 1.